The molecule has 0 bridgehead atoms. The molecule has 2 aromatic rings. The van der Waals surface area contributed by atoms with Crippen molar-refractivity contribution in [3.05, 3.63) is 48.0 Å². The van der Waals surface area contributed by atoms with Crippen molar-refractivity contribution in [2.24, 2.45) is 0 Å². The summed E-state index contributed by atoms with van der Waals surface area (Å²) in [6, 6.07) is 14.9. The van der Waals surface area contributed by atoms with Crippen molar-refractivity contribution in [3.63, 3.8) is 0 Å². The van der Waals surface area contributed by atoms with Crippen LogP contribution in [-0.4, -0.2) is 7.11 Å². The highest BCUT2D eigenvalue weighted by Gasteiger charge is 2.00. The summed E-state index contributed by atoms with van der Waals surface area (Å²) < 4.78 is 5.11. The number of hydrogen-bond acceptors (Lipinski definition) is 2. The molecule has 0 aliphatic rings. The average molecular weight is 212 g/mol. The average Bonchev–Trinajstić information content (AvgIpc) is 2.33. The Balaban J connectivity index is 2.38. The van der Waals surface area contributed by atoms with Crippen LogP contribution in [0.1, 0.15) is 5.56 Å². The van der Waals surface area contributed by atoms with E-state index in [4.69, 9.17) is 10.5 Å². The normalized spacial score (nSPS) is 10.1. The van der Waals surface area contributed by atoms with Crippen molar-refractivity contribution in [3.8, 4) is 16.9 Å². The van der Waals surface area contributed by atoms with Gasteiger partial charge in [-0.25, -0.2) is 0 Å². The van der Waals surface area contributed by atoms with Gasteiger partial charge >= 0.3 is 0 Å². The molecule has 0 aliphatic carbocycles. The highest BCUT2D eigenvalue weighted by Crippen LogP contribution is 2.24. The van der Waals surface area contributed by atoms with Crippen molar-refractivity contribution in [1.29, 1.82) is 0 Å². The number of rotatable bonds is 2. The lowest BCUT2D eigenvalue weighted by Gasteiger charge is -2.06. The lowest BCUT2D eigenvalue weighted by atomic mass is 10.0. The zero-order chi connectivity index (χ0) is 11.5. The summed E-state index contributed by atoms with van der Waals surface area (Å²) >= 11 is 0. The standard InChI is InChI=1S/C14H14NO/c1-10-3-4-12(9-14(10)15)11-5-7-13(16-2)8-6-11/h3,5-9H,15H2,1-2H3. The lowest BCUT2D eigenvalue weighted by Crippen LogP contribution is -1.90. The van der Waals surface area contributed by atoms with Crippen molar-refractivity contribution in [2.75, 3.05) is 12.8 Å². The number of aryl methyl sites for hydroxylation is 1. The first-order valence-electron chi connectivity index (χ1n) is 5.13. The molecular formula is C14H14NO. The van der Waals surface area contributed by atoms with E-state index in [2.05, 4.69) is 6.07 Å². The number of benzene rings is 2. The maximum atomic E-state index is 5.87. The van der Waals surface area contributed by atoms with Crippen LogP contribution in [0.25, 0.3) is 11.1 Å². The zero-order valence-corrected chi connectivity index (χ0v) is 9.45. The van der Waals surface area contributed by atoms with Crippen LogP contribution in [0.2, 0.25) is 0 Å². The Kier molecular flexibility index (Phi) is 2.82. The summed E-state index contributed by atoms with van der Waals surface area (Å²) in [4.78, 5) is 0. The first kappa shape index (κ1) is 10.6. The molecule has 2 nitrogen and oxygen atoms in total. The highest BCUT2D eigenvalue weighted by molar-refractivity contribution is 5.68. The van der Waals surface area contributed by atoms with Crippen molar-refractivity contribution in [1.82, 2.24) is 0 Å². The van der Waals surface area contributed by atoms with Crippen LogP contribution in [0.15, 0.2) is 36.4 Å². The molecule has 2 aromatic carbocycles. The molecular weight excluding hydrogens is 198 g/mol. The molecule has 0 saturated heterocycles. The molecule has 0 fully saturated rings. The molecule has 0 aromatic heterocycles. The summed E-state index contributed by atoms with van der Waals surface area (Å²) in [5.74, 6) is 0.851. The molecule has 81 valence electrons. The third-order valence-corrected chi connectivity index (χ3v) is 2.60. The quantitative estimate of drug-likeness (QED) is 0.776. The number of anilines is 1. The van der Waals surface area contributed by atoms with Gasteiger partial charge in [-0.2, -0.15) is 0 Å². The molecule has 0 atom stereocenters. The molecule has 2 heteroatoms. The van der Waals surface area contributed by atoms with Gasteiger partial charge in [-0.3, -0.25) is 0 Å². The molecule has 1 radical (unpaired) electrons. The summed E-state index contributed by atoms with van der Waals surface area (Å²) in [6.45, 7) is 1.98. The Morgan fingerprint density at radius 2 is 1.88 bits per heavy atom. The van der Waals surface area contributed by atoms with Gasteiger partial charge in [-0.05, 0) is 53.9 Å². The van der Waals surface area contributed by atoms with Gasteiger partial charge in [0.2, 0.25) is 0 Å². The summed E-state index contributed by atoms with van der Waals surface area (Å²) in [5.41, 5.74) is 9.81. The van der Waals surface area contributed by atoms with Crippen LogP contribution in [0.4, 0.5) is 5.69 Å². The van der Waals surface area contributed by atoms with Crippen LogP contribution in [0.5, 0.6) is 5.75 Å². The zero-order valence-electron chi connectivity index (χ0n) is 9.45. The van der Waals surface area contributed by atoms with E-state index in [0.29, 0.717) is 0 Å². The monoisotopic (exact) mass is 212 g/mol. The third-order valence-electron chi connectivity index (χ3n) is 2.60. The number of methoxy groups -OCH3 is 1. The topological polar surface area (TPSA) is 35.2 Å². The van der Waals surface area contributed by atoms with E-state index in [1.807, 2.05) is 43.3 Å². The van der Waals surface area contributed by atoms with Crippen molar-refractivity contribution < 1.29 is 4.74 Å². The van der Waals surface area contributed by atoms with E-state index < -0.39 is 0 Å². The van der Waals surface area contributed by atoms with E-state index in [1.165, 1.54) is 0 Å². The fourth-order valence-electron chi connectivity index (χ4n) is 1.52. The Labute approximate surface area is 95.7 Å². The Morgan fingerprint density at radius 1 is 1.19 bits per heavy atom. The molecule has 0 spiro atoms. The predicted octanol–water partition coefficient (Wildman–Crippen LogP) is 3.05. The van der Waals surface area contributed by atoms with Crippen LogP contribution < -0.4 is 10.5 Å². The third kappa shape index (κ3) is 2.01. The highest BCUT2D eigenvalue weighted by atomic mass is 16.5. The lowest BCUT2D eigenvalue weighted by molar-refractivity contribution is 0.415. The molecule has 0 saturated carbocycles. The fourth-order valence-corrected chi connectivity index (χ4v) is 1.52. The molecule has 2 N–H and O–H groups in total. The summed E-state index contributed by atoms with van der Waals surface area (Å²) in [5, 5.41) is 0. The van der Waals surface area contributed by atoms with E-state index >= 15 is 0 Å². The minimum absolute atomic E-state index is 0.796. The fraction of sp³-hybridized carbons (Fsp3) is 0.143. The van der Waals surface area contributed by atoms with Gasteiger partial charge in [0.25, 0.3) is 0 Å². The maximum absolute atomic E-state index is 5.87. The molecule has 16 heavy (non-hydrogen) atoms. The smallest absolute Gasteiger partial charge is 0.118 e. The van der Waals surface area contributed by atoms with E-state index in [-0.39, 0.29) is 0 Å². The van der Waals surface area contributed by atoms with Crippen LogP contribution >= 0.6 is 0 Å². The van der Waals surface area contributed by atoms with Gasteiger partial charge < -0.3 is 10.5 Å². The summed E-state index contributed by atoms with van der Waals surface area (Å²) in [6.07, 6.45) is 0. The van der Waals surface area contributed by atoms with Gasteiger partial charge in [0, 0.05) is 5.69 Å². The number of nitrogens with two attached hydrogens (primary N) is 1. The molecule has 0 aliphatic heterocycles. The van der Waals surface area contributed by atoms with Gasteiger partial charge in [0.05, 0.1) is 7.11 Å². The second-order valence-electron chi connectivity index (χ2n) is 3.71. The Hall–Kier alpha value is -1.96. The molecule has 0 unspecified atom stereocenters. The van der Waals surface area contributed by atoms with E-state index in [0.717, 1.165) is 28.1 Å². The molecule has 0 heterocycles. The van der Waals surface area contributed by atoms with Crippen LogP contribution in [-0.2, 0) is 0 Å². The largest absolute Gasteiger partial charge is 0.497 e. The predicted molar refractivity (Wildman–Crippen MR) is 66.4 cm³/mol. The van der Waals surface area contributed by atoms with E-state index in [9.17, 15) is 0 Å². The van der Waals surface area contributed by atoms with Gasteiger partial charge in [-0.15, -0.1) is 0 Å². The molecule has 2 rings (SSSR count). The summed E-state index contributed by atoms with van der Waals surface area (Å²) in [7, 11) is 1.66. The number of hydrogen-bond donors (Lipinski definition) is 1. The minimum Gasteiger partial charge on any atom is -0.497 e. The number of nitrogen functional groups attached to an aromatic ring is 1. The SMILES string of the molecule is COc1ccc(-c2[c]cc(C)c(N)c2)cc1. The van der Waals surface area contributed by atoms with Crippen LogP contribution in [0.3, 0.4) is 0 Å². The molecule has 0 amide bonds. The Morgan fingerprint density at radius 3 is 2.44 bits per heavy atom. The maximum Gasteiger partial charge on any atom is 0.118 e. The van der Waals surface area contributed by atoms with E-state index in [1.54, 1.807) is 7.11 Å². The second kappa shape index (κ2) is 4.27. The Bertz CT molecular complexity index is 489. The van der Waals surface area contributed by atoms with Crippen molar-refractivity contribution in [2.45, 2.75) is 6.92 Å². The second-order valence-corrected chi connectivity index (χ2v) is 3.71. The van der Waals surface area contributed by atoms with Crippen LogP contribution in [0, 0.1) is 13.0 Å². The minimum atomic E-state index is 0.796. The van der Waals surface area contributed by atoms with Gasteiger partial charge in [0.15, 0.2) is 0 Å². The first-order valence-corrected chi connectivity index (χ1v) is 5.13. The van der Waals surface area contributed by atoms with Gasteiger partial charge in [-0.1, -0.05) is 12.1 Å². The number of ether oxygens (including phenoxy) is 1. The first-order chi connectivity index (χ1) is 7.70. The van der Waals surface area contributed by atoms with Gasteiger partial charge in [0.1, 0.15) is 5.75 Å². The van der Waals surface area contributed by atoms with Crippen molar-refractivity contribution >= 4 is 5.69 Å².